The smallest absolute Gasteiger partial charge is 0.247 e. The van der Waals surface area contributed by atoms with Gasteiger partial charge in [-0.2, -0.15) is 8.78 Å². The van der Waals surface area contributed by atoms with E-state index in [1.165, 1.54) is 0 Å². The van der Waals surface area contributed by atoms with E-state index in [1.807, 2.05) is 0 Å². The minimum Gasteiger partial charge on any atom is -0.491 e. The van der Waals surface area contributed by atoms with Gasteiger partial charge < -0.3 is 10.1 Å². The summed E-state index contributed by atoms with van der Waals surface area (Å²) in [7, 11) is -4.25. The van der Waals surface area contributed by atoms with Crippen LogP contribution in [-0.2, 0) is 14.8 Å². The van der Waals surface area contributed by atoms with E-state index in [0.717, 1.165) is 7.11 Å². The third-order valence-electron chi connectivity index (χ3n) is 2.65. The van der Waals surface area contributed by atoms with Crippen molar-refractivity contribution in [2.75, 3.05) is 20.2 Å². The lowest BCUT2D eigenvalue weighted by atomic mass is 10.3. The first kappa shape index (κ1) is 19.2. The van der Waals surface area contributed by atoms with E-state index in [-0.39, 0.29) is 6.54 Å². The summed E-state index contributed by atoms with van der Waals surface area (Å²) in [6.07, 6.45) is 0.580. The van der Waals surface area contributed by atoms with Crippen LogP contribution < -0.4 is 14.8 Å². The number of amides is 1. The minimum absolute atomic E-state index is 0.259. The molecule has 0 heterocycles. The molecule has 0 aliphatic carbocycles. The number of benzene rings is 1. The molecule has 0 aliphatic heterocycles. The molecule has 0 spiro atoms. The molecule has 0 atom stereocenters. The Balaban J connectivity index is 3.17. The maximum absolute atomic E-state index is 13.7. The van der Waals surface area contributed by atoms with Crippen molar-refractivity contribution in [2.45, 2.75) is 18.2 Å². The van der Waals surface area contributed by atoms with Gasteiger partial charge in [-0.15, -0.1) is 0 Å². The van der Waals surface area contributed by atoms with Crippen LogP contribution in [0.5, 0.6) is 5.75 Å². The molecule has 23 heavy (non-hydrogen) atoms. The van der Waals surface area contributed by atoms with Crippen LogP contribution in [0.3, 0.4) is 0 Å². The van der Waals surface area contributed by atoms with Crippen molar-refractivity contribution in [3.8, 4) is 5.75 Å². The molecule has 0 fully saturated rings. The van der Waals surface area contributed by atoms with E-state index in [0.29, 0.717) is 6.42 Å². The Morgan fingerprint density at radius 3 is 2.04 bits per heavy atom. The van der Waals surface area contributed by atoms with E-state index in [1.54, 1.807) is 11.6 Å². The van der Waals surface area contributed by atoms with Crippen molar-refractivity contribution in [1.29, 1.82) is 0 Å². The highest BCUT2D eigenvalue weighted by Gasteiger charge is 2.33. The summed E-state index contributed by atoms with van der Waals surface area (Å²) in [4.78, 5) is 9.43. The number of carbonyl (C=O) groups excluding carboxylic acids is 1. The number of nitrogens with one attached hydrogen (secondary N) is 2. The normalized spacial score (nSPS) is 11.4. The van der Waals surface area contributed by atoms with Crippen molar-refractivity contribution in [3.05, 3.63) is 23.3 Å². The second-order valence-corrected chi connectivity index (χ2v) is 6.00. The van der Waals surface area contributed by atoms with Gasteiger partial charge in [-0.1, -0.05) is 6.92 Å². The minimum atomic E-state index is -5.01. The molecule has 0 bridgehead atoms. The van der Waals surface area contributed by atoms with E-state index >= 15 is 0 Å². The van der Waals surface area contributed by atoms with Crippen LogP contribution in [0, 0.1) is 23.3 Å². The maximum atomic E-state index is 13.7. The monoisotopic (exact) mass is 358 g/mol. The molecule has 0 aliphatic rings. The SMILES string of the molecule is CCCNC(=O)CNS(=O)(=O)c1c(F)c(F)c(OC)c(F)c1F. The van der Waals surface area contributed by atoms with E-state index < -0.39 is 56.4 Å². The highest BCUT2D eigenvalue weighted by atomic mass is 32.2. The Morgan fingerprint density at radius 2 is 1.61 bits per heavy atom. The van der Waals surface area contributed by atoms with Crippen LogP contribution in [0.2, 0.25) is 0 Å². The Morgan fingerprint density at radius 1 is 1.09 bits per heavy atom. The number of hydrogen-bond acceptors (Lipinski definition) is 4. The quantitative estimate of drug-likeness (QED) is 0.564. The van der Waals surface area contributed by atoms with Gasteiger partial charge in [0.05, 0.1) is 13.7 Å². The standard InChI is InChI=1S/C12H14F4N2O4S/c1-3-4-17-6(19)5-18-23(20,21)12-9(15)7(13)11(22-2)8(14)10(12)16/h18H,3-5H2,1-2H3,(H,17,19). The molecule has 0 radical (unpaired) electrons. The van der Waals surface area contributed by atoms with Crippen molar-refractivity contribution < 1.29 is 35.5 Å². The molecule has 0 aromatic heterocycles. The second kappa shape index (κ2) is 7.59. The lowest BCUT2D eigenvalue weighted by molar-refractivity contribution is -0.119. The number of carbonyl (C=O) groups is 1. The molecule has 2 N–H and O–H groups in total. The Bertz CT molecular complexity index is 680. The number of halogens is 4. The molecule has 11 heteroatoms. The predicted molar refractivity (Wildman–Crippen MR) is 71.3 cm³/mol. The summed E-state index contributed by atoms with van der Waals surface area (Å²) in [5.41, 5.74) is 0. The third-order valence-corrected chi connectivity index (χ3v) is 4.07. The molecule has 1 aromatic carbocycles. The van der Waals surface area contributed by atoms with Crippen LogP contribution in [0.1, 0.15) is 13.3 Å². The van der Waals surface area contributed by atoms with Gasteiger partial charge in [0.2, 0.25) is 27.6 Å². The number of rotatable bonds is 7. The van der Waals surface area contributed by atoms with Crippen molar-refractivity contribution in [2.24, 2.45) is 0 Å². The number of ether oxygens (including phenoxy) is 1. The number of methoxy groups -OCH3 is 1. The fourth-order valence-electron chi connectivity index (χ4n) is 1.57. The molecule has 0 saturated heterocycles. The van der Waals surface area contributed by atoms with Crippen molar-refractivity contribution >= 4 is 15.9 Å². The summed E-state index contributed by atoms with van der Waals surface area (Å²) >= 11 is 0. The van der Waals surface area contributed by atoms with E-state index in [2.05, 4.69) is 10.1 Å². The van der Waals surface area contributed by atoms with Gasteiger partial charge in [0.25, 0.3) is 0 Å². The van der Waals surface area contributed by atoms with Crippen LogP contribution in [0.4, 0.5) is 17.6 Å². The van der Waals surface area contributed by atoms with Gasteiger partial charge in [0.1, 0.15) is 0 Å². The summed E-state index contributed by atoms with van der Waals surface area (Å²) in [6, 6.07) is 0. The zero-order valence-corrected chi connectivity index (χ0v) is 13.0. The largest absolute Gasteiger partial charge is 0.491 e. The summed E-state index contributed by atoms with van der Waals surface area (Å²) in [5.74, 6) is -10.5. The van der Waals surface area contributed by atoms with Gasteiger partial charge in [0.15, 0.2) is 22.3 Å². The van der Waals surface area contributed by atoms with Crippen molar-refractivity contribution in [3.63, 3.8) is 0 Å². The van der Waals surface area contributed by atoms with Crippen molar-refractivity contribution in [1.82, 2.24) is 10.0 Å². The van der Waals surface area contributed by atoms with Crippen LogP contribution in [0.15, 0.2) is 4.90 Å². The van der Waals surface area contributed by atoms with Gasteiger partial charge in [-0.3, -0.25) is 4.79 Å². The molecule has 1 rings (SSSR count). The van der Waals surface area contributed by atoms with E-state index in [9.17, 15) is 30.8 Å². The first-order valence-corrected chi connectivity index (χ1v) is 7.81. The Labute approximate surface area is 129 Å². The highest BCUT2D eigenvalue weighted by Crippen LogP contribution is 2.31. The average molecular weight is 358 g/mol. The van der Waals surface area contributed by atoms with Crippen LogP contribution in [-0.4, -0.2) is 34.5 Å². The molecular weight excluding hydrogens is 344 g/mol. The van der Waals surface area contributed by atoms with Gasteiger partial charge in [-0.25, -0.2) is 21.9 Å². The lowest BCUT2D eigenvalue weighted by Crippen LogP contribution is -2.38. The summed E-state index contributed by atoms with van der Waals surface area (Å²) < 4.78 is 83.8. The van der Waals surface area contributed by atoms with E-state index in [4.69, 9.17) is 0 Å². The molecule has 1 amide bonds. The third kappa shape index (κ3) is 4.10. The fraction of sp³-hybridized carbons (Fsp3) is 0.417. The zero-order valence-electron chi connectivity index (χ0n) is 12.2. The maximum Gasteiger partial charge on any atom is 0.247 e. The second-order valence-electron chi connectivity index (χ2n) is 4.29. The zero-order chi connectivity index (χ0) is 17.8. The molecule has 130 valence electrons. The molecule has 0 unspecified atom stereocenters. The number of hydrogen-bond donors (Lipinski definition) is 2. The first-order chi connectivity index (χ1) is 10.7. The Kier molecular flexibility index (Phi) is 6.33. The molecule has 6 nitrogen and oxygen atoms in total. The highest BCUT2D eigenvalue weighted by molar-refractivity contribution is 7.89. The predicted octanol–water partition coefficient (Wildman–Crippen LogP) is 1.06. The number of sulfonamides is 1. The van der Waals surface area contributed by atoms with Crippen LogP contribution >= 0.6 is 0 Å². The summed E-state index contributed by atoms with van der Waals surface area (Å²) in [6.45, 7) is 1.16. The van der Waals surface area contributed by atoms with Crippen LogP contribution in [0.25, 0.3) is 0 Å². The summed E-state index contributed by atoms with van der Waals surface area (Å²) in [5, 5.41) is 2.31. The van der Waals surface area contributed by atoms with Gasteiger partial charge in [-0.05, 0) is 6.42 Å². The van der Waals surface area contributed by atoms with Gasteiger partial charge >= 0.3 is 0 Å². The Hall–Kier alpha value is -1.88. The molecule has 0 saturated carbocycles. The van der Waals surface area contributed by atoms with Gasteiger partial charge in [0, 0.05) is 6.54 Å². The lowest BCUT2D eigenvalue weighted by Gasteiger charge is -2.12. The molecule has 1 aromatic rings. The topological polar surface area (TPSA) is 84.5 Å². The fourth-order valence-corrected chi connectivity index (χ4v) is 2.68. The molecular formula is C12H14F4N2O4S. The average Bonchev–Trinajstić information content (AvgIpc) is 2.49. The first-order valence-electron chi connectivity index (χ1n) is 6.33.